The lowest BCUT2D eigenvalue weighted by Crippen LogP contribution is -2.49. The molecular formula is C17H24N2O3. The molecule has 1 aromatic rings. The fourth-order valence-electron chi connectivity index (χ4n) is 2.76. The van der Waals surface area contributed by atoms with Crippen LogP contribution < -0.4 is 10.1 Å². The molecule has 1 N–H and O–H groups in total. The number of hydrogen-bond acceptors (Lipinski definition) is 3. The van der Waals surface area contributed by atoms with Gasteiger partial charge in [0.2, 0.25) is 0 Å². The van der Waals surface area contributed by atoms with Gasteiger partial charge in [-0.3, -0.25) is 9.59 Å². The molecule has 0 radical (unpaired) electrons. The second-order valence-electron chi connectivity index (χ2n) is 5.81. The van der Waals surface area contributed by atoms with E-state index in [-0.39, 0.29) is 12.1 Å². The van der Waals surface area contributed by atoms with E-state index < -0.39 is 11.8 Å². The van der Waals surface area contributed by atoms with E-state index >= 15 is 0 Å². The van der Waals surface area contributed by atoms with Crippen molar-refractivity contribution in [3.8, 4) is 5.75 Å². The Labute approximate surface area is 131 Å². The Balaban J connectivity index is 1.96. The fourth-order valence-corrected chi connectivity index (χ4v) is 2.76. The van der Waals surface area contributed by atoms with Crippen LogP contribution in [-0.2, 0) is 9.59 Å². The van der Waals surface area contributed by atoms with Crippen molar-refractivity contribution in [1.82, 2.24) is 10.2 Å². The van der Waals surface area contributed by atoms with E-state index in [0.29, 0.717) is 6.54 Å². The van der Waals surface area contributed by atoms with Gasteiger partial charge in [-0.15, -0.1) is 0 Å². The molecule has 0 aromatic heterocycles. The minimum atomic E-state index is -0.530. The number of amides is 2. The maximum atomic E-state index is 12.3. The van der Waals surface area contributed by atoms with Crippen molar-refractivity contribution in [3.05, 3.63) is 29.8 Å². The van der Waals surface area contributed by atoms with Crippen molar-refractivity contribution in [3.63, 3.8) is 0 Å². The second kappa shape index (κ2) is 7.29. The number of carbonyl (C=O) groups excluding carboxylic acids is 2. The van der Waals surface area contributed by atoms with Gasteiger partial charge in [0.15, 0.2) is 0 Å². The number of methoxy groups -OCH3 is 1. The summed E-state index contributed by atoms with van der Waals surface area (Å²) < 4.78 is 5.11. The monoisotopic (exact) mass is 304 g/mol. The molecule has 1 fully saturated rings. The molecule has 0 bridgehead atoms. The van der Waals surface area contributed by atoms with E-state index in [4.69, 9.17) is 4.74 Å². The van der Waals surface area contributed by atoms with E-state index in [1.54, 1.807) is 12.0 Å². The number of piperidine rings is 1. The maximum Gasteiger partial charge on any atom is 0.312 e. The zero-order valence-electron chi connectivity index (χ0n) is 13.5. The van der Waals surface area contributed by atoms with Crippen molar-refractivity contribution in [1.29, 1.82) is 0 Å². The van der Waals surface area contributed by atoms with E-state index in [2.05, 4.69) is 5.32 Å². The Morgan fingerprint density at radius 2 is 1.95 bits per heavy atom. The van der Waals surface area contributed by atoms with Crippen LogP contribution in [0.3, 0.4) is 0 Å². The number of carbonyl (C=O) groups is 2. The maximum absolute atomic E-state index is 12.3. The van der Waals surface area contributed by atoms with Gasteiger partial charge in [-0.2, -0.15) is 0 Å². The zero-order chi connectivity index (χ0) is 16.1. The van der Waals surface area contributed by atoms with E-state index in [9.17, 15) is 9.59 Å². The average Bonchev–Trinajstić information content (AvgIpc) is 2.54. The van der Waals surface area contributed by atoms with Gasteiger partial charge in [0, 0.05) is 12.6 Å². The predicted octanol–water partition coefficient (Wildman–Crippen LogP) is 2.27. The van der Waals surface area contributed by atoms with E-state index in [0.717, 1.165) is 30.6 Å². The Morgan fingerprint density at radius 1 is 1.27 bits per heavy atom. The lowest BCUT2D eigenvalue weighted by Gasteiger charge is -2.33. The molecule has 120 valence electrons. The van der Waals surface area contributed by atoms with Gasteiger partial charge >= 0.3 is 11.8 Å². The topological polar surface area (TPSA) is 58.6 Å². The molecule has 5 nitrogen and oxygen atoms in total. The molecule has 0 spiro atoms. The Bertz CT molecular complexity index is 527. The first-order valence-electron chi connectivity index (χ1n) is 7.78. The van der Waals surface area contributed by atoms with Crippen molar-refractivity contribution in [2.75, 3.05) is 13.7 Å². The van der Waals surface area contributed by atoms with Crippen LogP contribution >= 0.6 is 0 Å². The van der Waals surface area contributed by atoms with Crippen LogP contribution in [0.2, 0.25) is 0 Å². The molecule has 1 saturated heterocycles. The number of nitrogens with one attached hydrogen (secondary N) is 1. The quantitative estimate of drug-likeness (QED) is 0.872. The highest BCUT2D eigenvalue weighted by Crippen LogP contribution is 2.19. The fraction of sp³-hybridized carbons (Fsp3) is 0.529. The van der Waals surface area contributed by atoms with E-state index in [1.165, 1.54) is 0 Å². The third-order valence-electron chi connectivity index (χ3n) is 4.22. The first kappa shape index (κ1) is 16.3. The lowest BCUT2D eigenvalue weighted by atomic mass is 10.0. The van der Waals surface area contributed by atoms with Gasteiger partial charge in [-0.05, 0) is 50.8 Å². The van der Waals surface area contributed by atoms with Crippen molar-refractivity contribution in [2.24, 2.45) is 0 Å². The first-order valence-corrected chi connectivity index (χ1v) is 7.78. The molecule has 1 aromatic carbocycles. The third kappa shape index (κ3) is 3.78. The number of benzene rings is 1. The lowest BCUT2D eigenvalue weighted by molar-refractivity contribution is -0.148. The standard InChI is InChI=1S/C17H24N2O3/c1-12-6-4-5-11-19(12)17(21)16(20)18-13(2)14-7-9-15(22-3)10-8-14/h7-10,12-13H,4-6,11H2,1-3H3,(H,18,20). The molecule has 2 atom stereocenters. The molecule has 1 aliphatic rings. The summed E-state index contributed by atoms with van der Waals surface area (Å²) in [6.07, 6.45) is 3.05. The summed E-state index contributed by atoms with van der Waals surface area (Å²) in [6, 6.07) is 7.37. The summed E-state index contributed by atoms with van der Waals surface area (Å²) in [6.45, 7) is 4.54. The van der Waals surface area contributed by atoms with Crippen LogP contribution in [0.5, 0.6) is 5.75 Å². The van der Waals surface area contributed by atoms with Crippen LogP contribution in [0.25, 0.3) is 0 Å². The summed E-state index contributed by atoms with van der Waals surface area (Å²) >= 11 is 0. The van der Waals surface area contributed by atoms with Gasteiger partial charge in [-0.1, -0.05) is 12.1 Å². The van der Waals surface area contributed by atoms with Crippen LogP contribution in [0, 0.1) is 0 Å². The zero-order valence-corrected chi connectivity index (χ0v) is 13.5. The smallest absolute Gasteiger partial charge is 0.312 e. The summed E-state index contributed by atoms with van der Waals surface area (Å²) in [5.41, 5.74) is 0.939. The Hall–Kier alpha value is -2.04. The SMILES string of the molecule is COc1ccc(C(C)NC(=O)C(=O)N2CCCCC2C)cc1. The highest BCUT2D eigenvalue weighted by Gasteiger charge is 2.28. The van der Waals surface area contributed by atoms with Crippen LogP contribution in [0.4, 0.5) is 0 Å². The largest absolute Gasteiger partial charge is 0.497 e. The van der Waals surface area contributed by atoms with Crippen molar-refractivity contribution >= 4 is 11.8 Å². The van der Waals surface area contributed by atoms with Crippen LogP contribution in [-0.4, -0.2) is 36.4 Å². The van der Waals surface area contributed by atoms with Gasteiger partial charge in [-0.25, -0.2) is 0 Å². The Kier molecular flexibility index (Phi) is 5.41. The molecule has 2 unspecified atom stereocenters. The molecular weight excluding hydrogens is 280 g/mol. The van der Waals surface area contributed by atoms with Crippen LogP contribution in [0.1, 0.15) is 44.7 Å². The summed E-state index contributed by atoms with van der Waals surface area (Å²) in [4.78, 5) is 26.1. The average molecular weight is 304 g/mol. The van der Waals surface area contributed by atoms with Gasteiger partial charge in [0.1, 0.15) is 5.75 Å². The number of likely N-dealkylation sites (tertiary alicyclic amines) is 1. The van der Waals surface area contributed by atoms with Gasteiger partial charge < -0.3 is 15.0 Å². The van der Waals surface area contributed by atoms with Crippen molar-refractivity contribution < 1.29 is 14.3 Å². The van der Waals surface area contributed by atoms with E-state index in [1.807, 2.05) is 38.1 Å². The second-order valence-corrected chi connectivity index (χ2v) is 5.81. The normalized spacial score (nSPS) is 19.4. The first-order chi connectivity index (χ1) is 10.5. The van der Waals surface area contributed by atoms with Gasteiger partial charge in [0.05, 0.1) is 13.2 Å². The molecule has 2 rings (SSSR count). The highest BCUT2D eigenvalue weighted by molar-refractivity contribution is 6.35. The predicted molar refractivity (Wildman–Crippen MR) is 84.6 cm³/mol. The minimum absolute atomic E-state index is 0.142. The molecule has 22 heavy (non-hydrogen) atoms. The summed E-state index contributed by atoms with van der Waals surface area (Å²) in [5, 5.41) is 2.78. The van der Waals surface area contributed by atoms with Crippen LogP contribution in [0.15, 0.2) is 24.3 Å². The van der Waals surface area contributed by atoms with Crippen molar-refractivity contribution in [2.45, 2.75) is 45.2 Å². The molecule has 1 heterocycles. The molecule has 2 amide bonds. The number of rotatable bonds is 3. The number of nitrogens with zero attached hydrogens (tertiary/aromatic N) is 1. The third-order valence-corrected chi connectivity index (χ3v) is 4.22. The molecule has 5 heteroatoms. The highest BCUT2D eigenvalue weighted by atomic mass is 16.5. The molecule has 1 aliphatic heterocycles. The number of hydrogen-bond donors (Lipinski definition) is 1. The minimum Gasteiger partial charge on any atom is -0.497 e. The number of ether oxygens (including phenoxy) is 1. The molecule has 0 saturated carbocycles. The summed E-state index contributed by atoms with van der Waals surface area (Å²) in [7, 11) is 1.61. The summed E-state index contributed by atoms with van der Waals surface area (Å²) in [5.74, 6) is -0.190. The Morgan fingerprint density at radius 3 is 2.55 bits per heavy atom. The van der Waals surface area contributed by atoms with Gasteiger partial charge in [0.25, 0.3) is 0 Å². The molecule has 0 aliphatic carbocycles.